The fourth-order valence-corrected chi connectivity index (χ4v) is 2.87. The molecule has 2 aromatic carbocycles. The molecule has 5 heteroatoms. The van der Waals surface area contributed by atoms with Gasteiger partial charge in [0.1, 0.15) is 12.4 Å². The van der Waals surface area contributed by atoms with Crippen LogP contribution in [0.15, 0.2) is 48.5 Å². The number of ether oxygens (including phenoxy) is 2. The Balaban J connectivity index is 1.51. The molecule has 0 radical (unpaired) electrons. The predicted molar refractivity (Wildman–Crippen MR) is 103 cm³/mol. The molecule has 0 bridgehead atoms. The summed E-state index contributed by atoms with van der Waals surface area (Å²) in [6.45, 7) is 3.82. The van der Waals surface area contributed by atoms with E-state index >= 15 is 0 Å². The van der Waals surface area contributed by atoms with Crippen LogP contribution in [0, 0.1) is 6.92 Å². The number of carbonyl (C=O) groups excluding carboxylic acids is 1. The minimum absolute atomic E-state index is 0.132. The van der Waals surface area contributed by atoms with E-state index in [1.165, 1.54) is 12.0 Å². The molecule has 1 aliphatic rings. The molecule has 138 valence electrons. The van der Waals surface area contributed by atoms with Crippen molar-refractivity contribution in [1.82, 2.24) is 5.32 Å². The maximum absolute atomic E-state index is 12.2. The molecule has 0 aromatic heterocycles. The predicted octanol–water partition coefficient (Wildman–Crippen LogP) is 4.26. The Bertz CT molecular complexity index is 709. The summed E-state index contributed by atoms with van der Waals surface area (Å²) in [5.41, 5.74) is 2.92. The van der Waals surface area contributed by atoms with Crippen molar-refractivity contribution in [1.29, 1.82) is 0 Å². The summed E-state index contributed by atoms with van der Waals surface area (Å²) < 4.78 is 11.6. The highest BCUT2D eigenvalue weighted by Gasteiger charge is 2.15. The number of hydrogen-bond donors (Lipinski definition) is 2. The van der Waals surface area contributed by atoms with E-state index in [1.54, 1.807) is 0 Å². The molecule has 1 heterocycles. The van der Waals surface area contributed by atoms with Crippen molar-refractivity contribution in [3.63, 3.8) is 0 Å². The smallest absolute Gasteiger partial charge is 0.319 e. The summed E-state index contributed by atoms with van der Waals surface area (Å²) in [6.07, 6.45) is 3.45. The van der Waals surface area contributed by atoms with E-state index in [4.69, 9.17) is 9.47 Å². The molecule has 1 fully saturated rings. The SMILES string of the molecule is Cc1ccc(CNC(=O)Nc2ccccc2OCC2CCCCO2)cc1. The minimum atomic E-state index is -0.254. The normalized spacial score (nSPS) is 16.7. The topological polar surface area (TPSA) is 59.6 Å². The molecular weight excluding hydrogens is 328 g/mol. The van der Waals surface area contributed by atoms with Gasteiger partial charge in [0.25, 0.3) is 0 Å². The first-order chi connectivity index (χ1) is 12.7. The Kier molecular flexibility index (Phi) is 6.50. The second kappa shape index (κ2) is 9.25. The summed E-state index contributed by atoms with van der Waals surface area (Å²) in [4.78, 5) is 12.2. The van der Waals surface area contributed by atoms with E-state index in [0.29, 0.717) is 24.6 Å². The van der Waals surface area contributed by atoms with E-state index in [2.05, 4.69) is 10.6 Å². The molecule has 1 aliphatic heterocycles. The highest BCUT2D eigenvalue weighted by Crippen LogP contribution is 2.25. The lowest BCUT2D eigenvalue weighted by atomic mass is 10.1. The third kappa shape index (κ3) is 5.49. The zero-order chi connectivity index (χ0) is 18.2. The van der Waals surface area contributed by atoms with Gasteiger partial charge in [0.05, 0.1) is 11.8 Å². The van der Waals surface area contributed by atoms with Crippen LogP contribution in [0.25, 0.3) is 0 Å². The average molecular weight is 354 g/mol. The van der Waals surface area contributed by atoms with Crippen molar-refractivity contribution in [2.45, 2.75) is 38.8 Å². The molecule has 5 nitrogen and oxygen atoms in total. The number of benzene rings is 2. The number of rotatable bonds is 6. The molecule has 2 amide bonds. The van der Waals surface area contributed by atoms with Crippen molar-refractivity contribution in [2.24, 2.45) is 0 Å². The van der Waals surface area contributed by atoms with Gasteiger partial charge < -0.3 is 20.1 Å². The Morgan fingerprint density at radius 1 is 1.15 bits per heavy atom. The molecule has 0 saturated carbocycles. The van der Waals surface area contributed by atoms with Gasteiger partial charge in [-0.25, -0.2) is 4.79 Å². The summed E-state index contributed by atoms with van der Waals surface area (Å²) >= 11 is 0. The monoisotopic (exact) mass is 354 g/mol. The highest BCUT2D eigenvalue weighted by atomic mass is 16.5. The number of hydrogen-bond acceptors (Lipinski definition) is 3. The molecule has 0 aliphatic carbocycles. The van der Waals surface area contributed by atoms with Gasteiger partial charge in [0, 0.05) is 13.2 Å². The summed E-state index contributed by atoms with van der Waals surface area (Å²) in [5, 5.41) is 5.73. The lowest BCUT2D eigenvalue weighted by Gasteiger charge is -2.23. The first-order valence-electron chi connectivity index (χ1n) is 9.14. The number of nitrogens with one attached hydrogen (secondary N) is 2. The van der Waals surface area contributed by atoms with Crippen LogP contribution < -0.4 is 15.4 Å². The zero-order valence-corrected chi connectivity index (χ0v) is 15.2. The van der Waals surface area contributed by atoms with Crippen molar-refractivity contribution < 1.29 is 14.3 Å². The third-order valence-corrected chi connectivity index (χ3v) is 4.41. The third-order valence-electron chi connectivity index (χ3n) is 4.41. The number of para-hydroxylation sites is 2. The van der Waals surface area contributed by atoms with Crippen LogP contribution in [0.3, 0.4) is 0 Å². The molecule has 1 saturated heterocycles. The number of carbonyl (C=O) groups is 1. The van der Waals surface area contributed by atoms with Crippen molar-refractivity contribution >= 4 is 11.7 Å². The fourth-order valence-electron chi connectivity index (χ4n) is 2.87. The van der Waals surface area contributed by atoms with E-state index in [0.717, 1.165) is 25.0 Å². The van der Waals surface area contributed by atoms with Crippen molar-refractivity contribution in [2.75, 3.05) is 18.5 Å². The van der Waals surface area contributed by atoms with Crippen molar-refractivity contribution in [3.05, 3.63) is 59.7 Å². The molecular formula is C21H26N2O3. The Hall–Kier alpha value is -2.53. The molecule has 1 unspecified atom stereocenters. The number of anilines is 1. The summed E-state index contributed by atoms with van der Waals surface area (Å²) in [5.74, 6) is 0.659. The number of aryl methyl sites for hydroxylation is 1. The van der Waals surface area contributed by atoms with Gasteiger partial charge in [-0.1, -0.05) is 42.0 Å². The van der Waals surface area contributed by atoms with Crippen LogP contribution in [-0.2, 0) is 11.3 Å². The zero-order valence-electron chi connectivity index (χ0n) is 15.2. The van der Waals surface area contributed by atoms with Gasteiger partial charge in [-0.15, -0.1) is 0 Å². The lowest BCUT2D eigenvalue weighted by Crippen LogP contribution is -2.29. The van der Waals surface area contributed by atoms with Crippen LogP contribution in [0.5, 0.6) is 5.75 Å². The second-order valence-corrected chi connectivity index (χ2v) is 6.59. The van der Waals surface area contributed by atoms with Crippen LogP contribution in [0.4, 0.5) is 10.5 Å². The van der Waals surface area contributed by atoms with Gasteiger partial charge in [-0.3, -0.25) is 0 Å². The van der Waals surface area contributed by atoms with Gasteiger partial charge in [0.2, 0.25) is 0 Å². The average Bonchev–Trinajstić information content (AvgIpc) is 2.68. The standard InChI is InChI=1S/C21H26N2O3/c1-16-9-11-17(12-10-16)14-22-21(24)23-19-7-2-3-8-20(19)26-15-18-6-4-5-13-25-18/h2-3,7-12,18H,4-6,13-15H2,1H3,(H2,22,23,24). The van der Waals surface area contributed by atoms with Crippen molar-refractivity contribution in [3.8, 4) is 5.75 Å². The maximum atomic E-state index is 12.2. The summed E-state index contributed by atoms with van der Waals surface area (Å²) in [7, 11) is 0. The Morgan fingerprint density at radius 3 is 2.73 bits per heavy atom. The number of amides is 2. The first kappa shape index (κ1) is 18.3. The first-order valence-corrected chi connectivity index (χ1v) is 9.14. The van der Waals surface area contributed by atoms with Crippen LogP contribution >= 0.6 is 0 Å². The van der Waals surface area contributed by atoms with Gasteiger partial charge in [-0.05, 0) is 43.9 Å². The van der Waals surface area contributed by atoms with Gasteiger partial charge in [-0.2, -0.15) is 0 Å². The Labute approximate surface area is 154 Å². The minimum Gasteiger partial charge on any atom is -0.489 e. The molecule has 0 spiro atoms. The number of urea groups is 1. The van der Waals surface area contributed by atoms with E-state index in [-0.39, 0.29) is 12.1 Å². The Morgan fingerprint density at radius 2 is 1.96 bits per heavy atom. The molecule has 26 heavy (non-hydrogen) atoms. The quantitative estimate of drug-likeness (QED) is 0.815. The molecule has 3 rings (SSSR count). The summed E-state index contributed by atoms with van der Waals surface area (Å²) in [6, 6.07) is 15.3. The lowest BCUT2D eigenvalue weighted by molar-refractivity contribution is -0.0109. The molecule has 1 atom stereocenters. The van der Waals surface area contributed by atoms with Gasteiger partial charge >= 0.3 is 6.03 Å². The van der Waals surface area contributed by atoms with E-state index in [1.807, 2.05) is 55.5 Å². The van der Waals surface area contributed by atoms with Crippen LogP contribution in [-0.4, -0.2) is 25.3 Å². The molecule has 2 aromatic rings. The molecule has 2 N–H and O–H groups in total. The van der Waals surface area contributed by atoms with E-state index < -0.39 is 0 Å². The van der Waals surface area contributed by atoms with E-state index in [9.17, 15) is 4.79 Å². The van der Waals surface area contributed by atoms with Crippen LogP contribution in [0.1, 0.15) is 30.4 Å². The largest absolute Gasteiger partial charge is 0.489 e. The highest BCUT2D eigenvalue weighted by molar-refractivity contribution is 5.90. The fraction of sp³-hybridized carbons (Fsp3) is 0.381. The maximum Gasteiger partial charge on any atom is 0.319 e. The second-order valence-electron chi connectivity index (χ2n) is 6.59. The van der Waals surface area contributed by atoms with Crippen LogP contribution in [0.2, 0.25) is 0 Å². The van der Waals surface area contributed by atoms with Gasteiger partial charge in [0.15, 0.2) is 0 Å².